The highest BCUT2D eigenvalue weighted by molar-refractivity contribution is 5.33. The minimum absolute atomic E-state index is 0.338. The molecule has 1 heterocycles. The second-order valence-corrected chi connectivity index (χ2v) is 7.08. The summed E-state index contributed by atoms with van der Waals surface area (Å²) in [7, 11) is 0. The highest BCUT2D eigenvalue weighted by Gasteiger charge is 2.53. The van der Waals surface area contributed by atoms with Crippen molar-refractivity contribution < 1.29 is 19.3 Å². The molecule has 2 fully saturated rings. The first-order chi connectivity index (χ1) is 12.2. The summed E-state index contributed by atoms with van der Waals surface area (Å²) in [5, 5.41) is 20.3. The first-order valence-electron chi connectivity index (χ1n) is 9.02. The molecule has 1 aliphatic heterocycles. The quantitative estimate of drug-likeness (QED) is 0.915. The van der Waals surface area contributed by atoms with Crippen LogP contribution in [0.2, 0.25) is 0 Å². The zero-order valence-corrected chi connectivity index (χ0v) is 14.1. The predicted octanol–water partition coefficient (Wildman–Crippen LogP) is 2.84. The molecule has 1 spiro atoms. The van der Waals surface area contributed by atoms with E-state index in [-0.39, 0.29) is 6.10 Å². The zero-order chi connectivity index (χ0) is 17.3. The van der Waals surface area contributed by atoms with Crippen LogP contribution >= 0.6 is 0 Å². The fourth-order valence-electron chi connectivity index (χ4n) is 4.05. The van der Waals surface area contributed by atoms with Gasteiger partial charge in [-0.05, 0) is 24.5 Å². The molecule has 0 aromatic heterocycles. The van der Waals surface area contributed by atoms with Gasteiger partial charge in [0, 0.05) is 12.8 Å². The van der Waals surface area contributed by atoms with Gasteiger partial charge in [-0.15, -0.1) is 0 Å². The van der Waals surface area contributed by atoms with Crippen LogP contribution in [0.15, 0.2) is 42.0 Å². The molecule has 25 heavy (non-hydrogen) atoms. The van der Waals surface area contributed by atoms with Gasteiger partial charge >= 0.3 is 0 Å². The van der Waals surface area contributed by atoms with Gasteiger partial charge in [-0.1, -0.05) is 36.8 Å². The van der Waals surface area contributed by atoms with E-state index in [0.717, 1.165) is 31.2 Å². The number of nitrogens with zero attached hydrogens (tertiary/aromatic N) is 1. The molecule has 1 saturated heterocycles. The number of aliphatic hydroxyl groups is 1. The molecule has 4 atom stereocenters. The largest absolute Gasteiger partial charge is 0.387 e. The Hall–Kier alpha value is -1.71. The number of hydrogen-bond acceptors (Lipinski definition) is 5. The second kappa shape index (κ2) is 6.89. The molecular weight excluding hydrogens is 318 g/mol. The molecule has 0 bridgehead atoms. The Balaban J connectivity index is 1.50. The van der Waals surface area contributed by atoms with Crippen LogP contribution in [0.25, 0.3) is 0 Å². The Morgan fingerprint density at radius 1 is 1.16 bits per heavy atom. The number of hydrogen-bond donors (Lipinski definition) is 1. The summed E-state index contributed by atoms with van der Waals surface area (Å²) < 4.78 is 18.2. The molecule has 5 nitrogen and oxygen atoms in total. The van der Waals surface area contributed by atoms with E-state index in [1.54, 1.807) is 6.08 Å². The lowest BCUT2D eigenvalue weighted by Gasteiger charge is -2.33. The number of fused-ring (bicyclic) bond motifs is 1. The molecule has 2 aliphatic carbocycles. The van der Waals surface area contributed by atoms with Gasteiger partial charge in [0.25, 0.3) is 0 Å². The molecule has 1 saturated carbocycles. The Morgan fingerprint density at radius 3 is 2.64 bits per heavy atom. The Bertz CT molecular complexity index is 675. The summed E-state index contributed by atoms with van der Waals surface area (Å²) in [6.45, 7) is 0.338. The van der Waals surface area contributed by atoms with Crippen molar-refractivity contribution in [3.8, 4) is 6.07 Å². The van der Waals surface area contributed by atoms with Gasteiger partial charge in [0.1, 0.15) is 24.4 Å². The summed E-state index contributed by atoms with van der Waals surface area (Å²) >= 11 is 0. The smallest absolute Gasteiger partial charge is 0.169 e. The molecule has 0 unspecified atom stereocenters. The van der Waals surface area contributed by atoms with Gasteiger partial charge < -0.3 is 19.3 Å². The van der Waals surface area contributed by atoms with Gasteiger partial charge in [-0.2, -0.15) is 5.26 Å². The lowest BCUT2D eigenvalue weighted by Crippen LogP contribution is -2.48. The topological polar surface area (TPSA) is 71.7 Å². The third-order valence-corrected chi connectivity index (χ3v) is 5.34. The van der Waals surface area contributed by atoms with E-state index < -0.39 is 24.1 Å². The minimum atomic E-state index is -0.908. The molecule has 0 radical (unpaired) electrons. The second-order valence-electron chi connectivity index (χ2n) is 7.08. The fourth-order valence-corrected chi connectivity index (χ4v) is 4.05. The number of aliphatic hydroxyl groups excluding tert-OH is 1. The van der Waals surface area contributed by atoms with Crippen molar-refractivity contribution in [1.82, 2.24) is 0 Å². The van der Waals surface area contributed by atoms with Crippen molar-refractivity contribution in [3.05, 3.63) is 47.5 Å². The normalized spacial score (nSPS) is 33.5. The number of nitriles is 1. The van der Waals surface area contributed by atoms with Crippen LogP contribution in [0.5, 0.6) is 0 Å². The molecule has 1 aromatic rings. The van der Waals surface area contributed by atoms with Gasteiger partial charge in [0.15, 0.2) is 5.79 Å². The first-order valence-corrected chi connectivity index (χ1v) is 9.02. The minimum Gasteiger partial charge on any atom is -0.387 e. The number of benzene rings is 1. The van der Waals surface area contributed by atoms with Crippen LogP contribution in [-0.4, -0.2) is 35.3 Å². The summed E-state index contributed by atoms with van der Waals surface area (Å²) in [4.78, 5) is 0. The standard InChI is InChI=1S/C20H23NO4/c21-12-15-11-16-19(25-20(24-16)9-5-2-6-10-20)17(22)18(15)23-13-14-7-3-1-4-8-14/h1,3-4,7-8,11,16-19,22H,2,5-6,9-10,13H2/t16-,17-,18-,19-/m1/s1. The third kappa shape index (κ3) is 3.23. The van der Waals surface area contributed by atoms with Crippen LogP contribution in [-0.2, 0) is 20.8 Å². The molecule has 0 amide bonds. The Morgan fingerprint density at radius 2 is 1.92 bits per heavy atom. The van der Waals surface area contributed by atoms with Crippen molar-refractivity contribution in [2.24, 2.45) is 0 Å². The van der Waals surface area contributed by atoms with Crippen LogP contribution in [0, 0.1) is 11.3 Å². The van der Waals surface area contributed by atoms with Gasteiger partial charge in [0.2, 0.25) is 0 Å². The van der Waals surface area contributed by atoms with Crippen molar-refractivity contribution in [3.63, 3.8) is 0 Å². The highest BCUT2D eigenvalue weighted by atomic mass is 16.8. The molecule has 132 valence electrons. The summed E-state index contributed by atoms with van der Waals surface area (Å²) in [6, 6.07) is 11.9. The van der Waals surface area contributed by atoms with Gasteiger partial charge in [0.05, 0.1) is 18.2 Å². The van der Waals surface area contributed by atoms with Crippen LogP contribution in [0.1, 0.15) is 37.7 Å². The molecule has 1 aromatic carbocycles. The van der Waals surface area contributed by atoms with E-state index in [1.165, 1.54) is 6.42 Å². The van der Waals surface area contributed by atoms with E-state index in [0.29, 0.717) is 12.2 Å². The maximum absolute atomic E-state index is 10.8. The Kier molecular flexibility index (Phi) is 4.61. The SMILES string of the molecule is N#CC1=C[C@H]2OC3(CCCCC3)O[C@H]2[C@H](O)[C@@H]1OCc1ccccc1. The third-order valence-electron chi connectivity index (χ3n) is 5.34. The number of rotatable bonds is 3. The highest BCUT2D eigenvalue weighted by Crippen LogP contribution is 2.44. The predicted molar refractivity (Wildman–Crippen MR) is 90.3 cm³/mol. The number of ether oxygens (including phenoxy) is 3. The van der Waals surface area contributed by atoms with Gasteiger partial charge in [-0.25, -0.2) is 0 Å². The average molecular weight is 341 g/mol. The lowest BCUT2D eigenvalue weighted by atomic mass is 9.90. The summed E-state index contributed by atoms with van der Waals surface area (Å²) in [5.74, 6) is -0.597. The molecule has 4 rings (SSSR count). The van der Waals surface area contributed by atoms with Crippen molar-refractivity contribution in [2.45, 2.75) is 68.9 Å². The lowest BCUT2D eigenvalue weighted by molar-refractivity contribution is -0.202. The molecule has 1 N–H and O–H groups in total. The van der Waals surface area contributed by atoms with Crippen molar-refractivity contribution >= 4 is 0 Å². The van der Waals surface area contributed by atoms with Crippen LogP contribution < -0.4 is 0 Å². The maximum atomic E-state index is 10.8. The maximum Gasteiger partial charge on any atom is 0.169 e. The van der Waals surface area contributed by atoms with E-state index >= 15 is 0 Å². The van der Waals surface area contributed by atoms with E-state index in [4.69, 9.17) is 14.2 Å². The first kappa shape index (κ1) is 16.7. The summed E-state index contributed by atoms with van der Waals surface area (Å²) in [6.07, 6.45) is 4.34. The molecule has 3 aliphatic rings. The van der Waals surface area contributed by atoms with E-state index in [1.807, 2.05) is 30.3 Å². The Labute approximate surface area is 147 Å². The average Bonchev–Trinajstić information content (AvgIpc) is 3.00. The van der Waals surface area contributed by atoms with Crippen LogP contribution in [0.4, 0.5) is 0 Å². The van der Waals surface area contributed by atoms with E-state index in [2.05, 4.69) is 6.07 Å². The molecule has 5 heteroatoms. The fraction of sp³-hybridized carbons (Fsp3) is 0.550. The van der Waals surface area contributed by atoms with E-state index in [9.17, 15) is 10.4 Å². The monoisotopic (exact) mass is 341 g/mol. The van der Waals surface area contributed by atoms with Crippen molar-refractivity contribution in [2.75, 3.05) is 0 Å². The van der Waals surface area contributed by atoms with Gasteiger partial charge in [-0.3, -0.25) is 0 Å². The summed E-state index contributed by atoms with van der Waals surface area (Å²) in [5.41, 5.74) is 1.42. The van der Waals surface area contributed by atoms with Crippen LogP contribution in [0.3, 0.4) is 0 Å². The molecular formula is C20H23NO4. The zero-order valence-electron chi connectivity index (χ0n) is 14.1. The van der Waals surface area contributed by atoms with Crippen molar-refractivity contribution in [1.29, 1.82) is 5.26 Å².